The van der Waals surface area contributed by atoms with E-state index in [1.807, 2.05) is 74.5 Å². The SMILES string of the molecule is CC(C)NC(=O)[C@@H](Cc1ccccc1)N(Cc1ccccc1)C(=O)CN(c1cccc(Cl)c1Cl)S(C)(=O)=O. The minimum atomic E-state index is -3.94. The van der Waals surface area contributed by atoms with Crippen LogP contribution in [0, 0.1) is 0 Å². The molecular weight excluding hydrogens is 545 g/mol. The van der Waals surface area contributed by atoms with Gasteiger partial charge in [0, 0.05) is 19.0 Å². The van der Waals surface area contributed by atoms with Crippen molar-refractivity contribution in [2.45, 2.75) is 38.9 Å². The van der Waals surface area contributed by atoms with Crippen LogP contribution in [0.15, 0.2) is 78.9 Å². The first kappa shape index (κ1) is 29.5. The van der Waals surface area contributed by atoms with Crippen LogP contribution in [0.1, 0.15) is 25.0 Å². The number of halogens is 2. The van der Waals surface area contributed by atoms with Crippen LogP contribution < -0.4 is 9.62 Å². The first-order valence-corrected chi connectivity index (χ1v) is 14.7. The number of nitrogens with one attached hydrogen (secondary N) is 1. The van der Waals surface area contributed by atoms with Crippen molar-refractivity contribution in [3.05, 3.63) is 100 Å². The molecule has 0 heterocycles. The molecule has 0 aliphatic rings. The van der Waals surface area contributed by atoms with Gasteiger partial charge in [-0.25, -0.2) is 8.42 Å². The van der Waals surface area contributed by atoms with Crippen LogP contribution in [-0.2, 0) is 32.6 Å². The van der Waals surface area contributed by atoms with Crippen LogP contribution in [0.25, 0.3) is 0 Å². The van der Waals surface area contributed by atoms with E-state index in [1.165, 1.54) is 17.0 Å². The fourth-order valence-electron chi connectivity index (χ4n) is 3.99. The van der Waals surface area contributed by atoms with Gasteiger partial charge in [-0.1, -0.05) is 89.9 Å². The predicted molar refractivity (Wildman–Crippen MR) is 153 cm³/mol. The predicted octanol–water partition coefficient (Wildman–Crippen LogP) is 4.92. The Balaban J connectivity index is 2.06. The van der Waals surface area contributed by atoms with Crippen molar-refractivity contribution < 1.29 is 18.0 Å². The maximum absolute atomic E-state index is 14.0. The van der Waals surface area contributed by atoms with Crippen molar-refractivity contribution >= 4 is 50.7 Å². The second-order valence-electron chi connectivity index (χ2n) is 9.22. The number of nitrogens with zero attached hydrogens (tertiary/aromatic N) is 2. The van der Waals surface area contributed by atoms with E-state index >= 15 is 0 Å². The van der Waals surface area contributed by atoms with E-state index in [-0.39, 0.29) is 40.6 Å². The first-order chi connectivity index (χ1) is 18.0. The van der Waals surface area contributed by atoms with E-state index in [0.717, 1.165) is 21.7 Å². The third-order valence-corrected chi connectivity index (χ3v) is 7.71. The number of carbonyl (C=O) groups excluding carboxylic acids is 2. The van der Waals surface area contributed by atoms with Gasteiger partial charge in [0.25, 0.3) is 0 Å². The molecule has 3 aromatic rings. The second-order valence-corrected chi connectivity index (χ2v) is 11.9. The molecule has 0 saturated heterocycles. The number of anilines is 1. The summed E-state index contributed by atoms with van der Waals surface area (Å²) in [6.45, 7) is 3.22. The Morgan fingerprint density at radius 2 is 1.45 bits per heavy atom. The highest BCUT2D eigenvalue weighted by molar-refractivity contribution is 7.92. The van der Waals surface area contributed by atoms with E-state index in [9.17, 15) is 18.0 Å². The van der Waals surface area contributed by atoms with Crippen molar-refractivity contribution in [1.29, 1.82) is 0 Å². The average molecular weight is 577 g/mol. The summed E-state index contributed by atoms with van der Waals surface area (Å²) in [4.78, 5) is 28.9. The summed E-state index contributed by atoms with van der Waals surface area (Å²) in [5, 5.41) is 3.08. The highest BCUT2D eigenvalue weighted by Crippen LogP contribution is 2.33. The highest BCUT2D eigenvalue weighted by atomic mass is 35.5. The Hall–Kier alpha value is -3.07. The maximum atomic E-state index is 14.0. The van der Waals surface area contributed by atoms with Gasteiger partial charge in [-0.3, -0.25) is 13.9 Å². The topological polar surface area (TPSA) is 86.8 Å². The van der Waals surface area contributed by atoms with Gasteiger partial charge in [0.2, 0.25) is 21.8 Å². The van der Waals surface area contributed by atoms with Crippen molar-refractivity contribution in [3.63, 3.8) is 0 Å². The summed E-state index contributed by atoms with van der Waals surface area (Å²) < 4.78 is 26.6. The van der Waals surface area contributed by atoms with Gasteiger partial charge in [0.05, 0.1) is 22.0 Å². The van der Waals surface area contributed by atoms with Gasteiger partial charge < -0.3 is 10.2 Å². The molecule has 0 radical (unpaired) electrons. The van der Waals surface area contributed by atoms with Crippen molar-refractivity contribution in [2.24, 2.45) is 0 Å². The van der Waals surface area contributed by atoms with Crippen molar-refractivity contribution in [1.82, 2.24) is 10.2 Å². The van der Waals surface area contributed by atoms with Crippen LogP contribution in [0.4, 0.5) is 5.69 Å². The van der Waals surface area contributed by atoms with Gasteiger partial charge in [-0.15, -0.1) is 0 Å². The minimum Gasteiger partial charge on any atom is -0.352 e. The Labute approximate surface area is 234 Å². The lowest BCUT2D eigenvalue weighted by molar-refractivity contribution is -0.140. The van der Waals surface area contributed by atoms with Crippen molar-refractivity contribution in [3.8, 4) is 0 Å². The molecule has 0 aliphatic heterocycles. The molecule has 0 fully saturated rings. The number of hydrogen-bond donors (Lipinski definition) is 1. The normalized spacial score (nSPS) is 12.2. The highest BCUT2D eigenvalue weighted by Gasteiger charge is 2.33. The zero-order chi connectivity index (χ0) is 27.9. The number of carbonyl (C=O) groups is 2. The molecule has 10 heteroatoms. The standard InChI is InChI=1S/C28H31Cl2N3O4S/c1-20(2)31-28(35)25(17-21-11-6-4-7-12-21)32(18-22-13-8-5-9-14-22)26(34)19-33(38(3,36)37)24-16-10-15-23(29)27(24)30/h4-16,20,25H,17-19H2,1-3H3,(H,31,35)/t25-/m1/s1. The number of hydrogen-bond acceptors (Lipinski definition) is 4. The summed E-state index contributed by atoms with van der Waals surface area (Å²) in [5.41, 5.74) is 1.74. The zero-order valence-corrected chi connectivity index (χ0v) is 23.8. The summed E-state index contributed by atoms with van der Waals surface area (Å²) >= 11 is 12.5. The second kappa shape index (κ2) is 13.1. The molecule has 0 aliphatic carbocycles. The molecule has 2 amide bonds. The minimum absolute atomic E-state index is 0.0142. The number of benzene rings is 3. The van der Waals surface area contributed by atoms with Crippen LogP contribution in [0.3, 0.4) is 0 Å². The number of sulfonamides is 1. The van der Waals surface area contributed by atoms with Crippen LogP contribution >= 0.6 is 23.2 Å². The molecule has 0 aromatic heterocycles. The summed E-state index contributed by atoms with van der Waals surface area (Å²) in [5.74, 6) is -0.894. The molecule has 3 aromatic carbocycles. The Bertz CT molecular complexity index is 1350. The van der Waals surface area contributed by atoms with Gasteiger partial charge in [0.1, 0.15) is 12.6 Å². The summed E-state index contributed by atoms with van der Waals surface area (Å²) in [7, 11) is -3.94. The van der Waals surface area contributed by atoms with E-state index in [2.05, 4.69) is 5.32 Å². The van der Waals surface area contributed by atoms with Gasteiger partial charge >= 0.3 is 0 Å². The van der Waals surface area contributed by atoms with E-state index in [4.69, 9.17) is 23.2 Å². The largest absolute Gasteiger partial charge is 0.352 e. The zero-order valence-electron chi connectivity index (χ0n) is 21.5. The lowest BCUT2D eigenvalue weighted by Gasteiger charge is -2.34. The van der Waals surface area contributed by atoms with E-state index in [1.54, 1.807) is 6.07 Å². The van der Waals surface area contributed by atoms with Crippen LogP contribution in [0.5, 0.6) is 0 Å². The fraction of sp³-hybridized carbons (Fsp3) is 0.286. The van der Waals surface area contributed by atoms with Gasteiger partial charge in [-0.05, 0) is 37.1 Å². The molecule has 0 bridgehead atoms. The first-order valence-electron chi connectivity index (χ1n) is 12.1. The molecule has 0 saturated carbocycles. The third kappa shape index (κ3) is 7.96. The van der Waals surface area contributed by atoms with E-state index < -0.39 is 28.5 Å². The molecule has 1 N–H and O–H groups in total. The molecule has 38 heavy (non-hydrogen) atoms. The maximum Gasteiger partial charge on any atom is 0.244 e. The molecule has 7 nitrogen and oxygen atoms in total. The number of amides is 2. The number of rotatable bonds is 11. The lowest BCUT2D eigenvalue weighted by Crippen LogP contribution is -2.54. The third-order valence-electron chi connectivity index (χ3n) is 5.78. The Kier molecular flexibility index (Phi) is 10.2. The average Bonchev–Trinajstić information content (AvgIpc) is 2.86. The molecule has 0 spiro atoms. The summed E-state index contributed by atoms with van der Waals surface area (Å²) in [6, 6.07) is 22.1. The van der Waals surface area contributed by atoms with Crippen molar-refractivity contribution in [2.75, 3.05) is 17.1 Å². The smallest absolute Gasteiger partial charge is 0.244 e. The van der Waals surface area contributed by atoms with Crippen LogP contribution in [-0.4, -0.2) is 50.0 Å². The molecule has 3 rings (SSSR count). The monoisotopic (exact) mass is 575 g/mol. The molecular formula is C28H31Cl2N3O4S. The fourth-order valence-corrected chi connectivity index (χ4v) is 5.30. The molecule has 0 unspecified atom stereocenters. The van der Waals surface area contributed by atoms with E-state index in [0.29, 0.717) is 0 Å². The van der Waals surface area contributed by atoms with Crippen LogP contribution in [0.2, 0.25) is 10.0 Å². The van der Waals surface area contributed by atoms with Gasteiger partial charge in [0.15, 0.2) is 0 Å². The lowest BCUT2D eigenvalue weighted by atomic mass is 10.0. The summed E-state index contributed by atoms with van der Waals surface area (Å²) in [6.07, 6.45) is 1.24. The Morgan fingerprint density at radius 1 is 0.868 bits per heavy atom. The Morgan fingerprint density at radius 3 is 2.00 bits per heavy atom. The molecule has 202 valence electrons. The quantitative estimate of drug-likeness (QED) is 0.351. The molecule has 1 atom stereocenters. The van der Waals surface area contributed by atoms with Gasteiger partial charge in [-0.2, -0.15) is 0 Å².